The molecule has 0 saturated heterocycles. The fourth-order valence-corrected chi connectivity index (χ4v) is 3.68. The van der Waals surface area contributed by atoms with Crippen LogP contribution >= 0.6 is 0 Å². The number of sulfonamides is 1. The van der Waals surface area contributed by atoms with Crippen molar-refractivity contribution in [2.24, 2.45) is 7.05 Å². The van der Waals surface area contributed by atoms with Gasteiger partial charge in [0.2, 0.25) is 10.0 Å². The van der Waals surface area contributed by atoms with Crippen LogP contribution in [0.4, 0.5) is 18.9 Å². The number of hydrogen-bond acceptors (Lipinski definition) is 3. The summed E-state index contributed by atoms with van der Waals surface area (Å²) in [7, 11) is -2.42. The molecule has 0 aliphatic carbocycles. The number of hydrogen-bond donors (Lipinski definition) is 2. The summed E-state index contributed by atoms with van der Waals surface area (Å²) in [6, 6.07) is 2.37. The molecule has 0 radical (unpaired) electrons. The zero-order valence-electron chi connectivity index (χ0n) is 14.5. The van der Waals surface area contributed by atoms with E-state index >= 15 is 0 Å². The van der Waals surface area contributed by atoms with E-state index in [4.69, 9.17) is 0 Å². The molecule has 1 aromatic heterocycles. The molecule has 10 heteroatoms. The van der Waals surface area contributed by atoms with Crippen molar-refractivity contribution in [1.82, 2.24) is 9.29 Å². The number of carbonyl (C=O) groups is 1. The highest BCUT2D eigenvalue weighted by Crippen LogP contribution is 2.20. The molecule has 1 amide bonds. The van der Waals surface area contributed by atoms with Gasteiger partial charge in [-0.15, -0.1) is 0 Å². The Balaban J connectivity index is 2.30. The van der Waals surface area contributed by atoms with Gasteiger partial charge in [0.05, 0.1) is 0 Å². The van der Waals surface area contributed by atoms with Crippen molar-refractivity contribution in [1.29, 1.82) is 0 Å². The van der Waals surface area contributed by atoms with E-state index in [-0.39, 0.29) is 16.3 Å². The van der Waals surface area contributed by atoms with Crippen molar-refractivity contribution in [3.05, 3.63) is 47.5 Å². The topological polar surface area (TPSA) is 80.2 Å². The standard InChI is InChI=1S/C16H18F3N3O3S/c1-16(2,3)21-26(24,25)10-7-13(22(4)8-10)15(23)20-9-5-11(17)14(19)12(18)6-9/h5-8,21H,1-4H3,(H,20,23). The first-order valence-corrected chi connectivity index (χ1v) is 8.95. The summed E-state index contributed by atoms with van der Waals surface area (Å²) in [6.45, 7) is 5.00. The predicted molar refractivity (Wildman–Crippen MR) is 89.8 cm³/mol. The minimum absolute atomic E-state index is 0.0653. The minimum Gasteiger partial charge on any atom is -0.345 e. The first-order chi connectivity index (χ1) is 11.8. The van der Waals surface area contributed by atoms with E-state index in [0.29, 0.717) is 12.1 Å². The average Bonchev–Trinajstić information content (AvgIpc) is 2.85. The smallest absolute Gasteiger partial charge is 0.272 e. The Bertz CT molecular complexity index is 940. The fraction of sp³-hybridized carbons (Fsp3) is 0.312. The van der Waals surface area contributed by atoms with E-state index in [1.807, 2.05) is 0 Å². The molecular weight excluding hydrogens is 371 g/mol. The number of nitrogens with zero attached hydrogens (tertiary/aromatic N) is 1. The summed E-state index contributed by atoms with van der Waals surface area (Å²) >= 11 is 0. The number of anilines is 1. The maximum absolute atomic E-state index is 13.2. The Morgan fingerprint density at radius 3 is 2.12 bits per heavy atom. The molecule has 1 aromatic carbocycles. The van der Waals surface area contributed by atoms with E-state index in [1.54, 1.807) is 20.8 Å². The lowest BCUT2D eigenvalue weighted by atomic mass is 10.1. The molecule has 0 aliphatic heterocycles. The molecule has 0 fully saturated rings. The van der Waals surface area contributed by atoms with Crippen LogP contribution in [0.2, 0.25) is 0 Å². The number of halogens is 3. The quantitative estimate of drug-likeness (QED) is 0.789. The molecule has 142 valence electrons. The van der Waals surface area contributed by atoms with Crippen molar-refractivity contribution in [3.63, 3.8) is 0 Å². The highest BCUT2D eigenvalue weighted by Gasteiger charge is 2.25. The third-order valence-corrected chi connectivity index (χ3v) is 4.93. The number of benzene rings is 1. The molecule has 2 rings (SSSR count). The number of amides is 1. The Labute approximate surface area is 149 Å². The number of aromatic nitrogens is 1. The highest BCUT2D eigenvalue weighted by atomic mass is 32.2. The first-order valence-electron chi connectivity index (χ1n) is 7.46. The number of carbonyl (C=O) groups excluding carboxylic acids is 1. The summed E-state index contributed by atoms with van der Waals surface area (Å²) in [6.07, 6.45) is 1.23. The molecule has 0 saturated carbocycles. The molecule has 26 heavy (non-hydrogen) atoms. The number of aryl methyl sites for hydroxylation is 1. The zero-order valence-corrected chi connectivity index (χ0v) is 15.3. The fourth-order valence-electron chi connectivity index (χ4n) is 2.19. The second kappa shape index (κ2) is 6.76. The van der Waals surface area contributed by atoms with E-state index in [1.165, 1.54) is 17.8 Å². The Morgan fingerprint density at radius 2 is 1.62 bits per heavy atom. The van der Waals surface area contributed by atoms with Crippen molar-refractivity contribution in [3.8, 4) is 0 Å². The minimum atomic E-state index is -3.87. The van der Waals surface area contributed by atoms with Gasteiger partial charge in [-0.3, -0.25) is 4.79 Å². The molecule has 0 spiro atoms. The zero-order chi connectivity index (χ0) is 19.9. The van der Waals surface area contributed by atoms with Crippen LogP contribution in [0.1, 0.15) is 31.3 Å². The molecule has 2 N–H and O–H groups in total. The Hall–Kier alpha value is -2.33. The van der Waals surface area contributed by atoms with Crippen molar-refractivity contribution >= 4 is 21.6 Å². The third-order valence-electron chi connectivity index (χ3n) is 3.21. The summed E-state index contributed by atoms with van der Waals surface area (Å²) in [5, 5.41) is 2.20. The predicted octanol–water partition coefficient (Wildman–Crippen LogP) is 2.77. The van der Waals surface area contributed by atoms with Crippen LogP contribution in [0, 0.1) is 17.5 Å². The lowest BCUT2D eigenvalue weighted by Gasteiger charge is -2.19. The summed E-state index contributed by atoms with van der Waals surface area (Å²) < 4.78 is 67.8. The van der Waals surface area contributed by atoms with Crippen molar-refractivity contribution in [2.45, 2.75) is 31.2 Å². The van der Waals surface area contributed by atoms with Gasteiger partial charge in [0.1, 0.15) is 10.6 Å². The second-order valence-corrected chi connectivity index (χ2v) is 8.42. The Morgan fingerprint density at radius 1 is 1.08 bits per heavy atom. The van der Waals surface area contributed by atoms with Gasteiger partial charge in [-0.05, 0) is 26.8 Å². The van der Waals surface area contributed by atoms with Gasteiger partial charge in [-0.25, -0.2) is 26.3 Å². The first kappa shape index (κ1) is 20.0. The molecule has 6 nitrogen and oxygen atoms in total. The van der Waals surface area contributed by atoms with Crippen LogP contribution in [-0.2, 0) is 17.1 Å². The van der Waals surface area contributed by atoms with Crippen molar-refractivity contribution < 1.29 is 26.4 Å². The average molecular weight is 389 g/mol. The highest BCUT2D eigenvalue weighted by molar-refractivity contribution is 7.89. The molecule has 0 atom stereocenters. The lowest BCUT2D eigenvalue weighted by Crippen LogP contribution is -2.40. The van der Waals surface area contributed by atoms with E-state index < -0.39 is 38.9 Å². The van der Waals surface area contributed by atoms with Gasteiger partial charge in [0.25, 0.3) is 5.91 Å². The van der Waals surface area contributed by atoms with Gasteiger partial charge in [0, 0.05) is 36.6 Å². The third kappa shape index (κ3) is 4.44. The second-order valence-electron chi connectivity index (χ2n) is 6.74. The van der Waals surface area contributed by atoms with E-state index in [2.05, 4.69) is 10.0 Å². The van der Waals surface area contributed by atoms with Gasteiger partial charge in [-0.2, -0.15) is 0 Å². The lowest BCUT2D eigenvalue weighted by molar-refractivity contribution is 0.101. The van der Waals surface area contributed by atoms with Crippen molar-refractivity contribution in [2.75, 3.05) is 5.32 Å². The van der Waals surface area contributed by atoms with E-state index in [0.717, 1.165) is 6.07 Å². The largest absolute Gasteiger partial charge is 0.345 e. The number of rotatable bonds is 4. The number of nitrogens with one attached hydrogen (secondary N) is 2. The van der Waals surface area contributed by atoms with Crippen LogP contribution < -0.4 is 10.0 Å². The molecule has 0 aliphatic rings. The van der Waals surface area contributed by atoms with Crippen LogP contribution in [0.15, 0.2) is 29.3 Å². The Kier molecular flexibility index (Phi) is 5.20. The molecule has 1 heterocycles. The molecule has 0 unspecified atom stereocenters. The van der Waals surface area contributed by atoms with Crippen LogP contribution in [0.25, 0.3) is 0 Å². The summed E-state index contributed by atoms with van der Waals surface area (Å²) in [5.41, 5.74) is -1.09. The summed E-state index contributed by atoms with van der Waals surface area (Å²) in [5.74, 6) is -5.37. The maximum Gasteiger partial charge on any atom is 0.272 e. The van der Waals surface area contributed by atoms with Gasteiger partial charge >= 0.3 is 0 Å². The van der Waals surface area contributed by atoms with Crippen LogP contribution in [0.3, 0.4) is 0 Å². The monoisotopic (exact) mass is 389 g/mol. The van der Waals surface area contributed by atoms with Crippen LogP contribution in [0.5, 0.6) is 0 Å². The van der Waals surface area contributed by atoms with E-state index in [9.17, 15) is 26.4 Å². The van der Waals surface area contributed by atoms with Gasteiger partial charge in [0.15, 0.2) is 17.5 Å². The SMILES string of the molecule is Cn1cc(S(=O)(=O)NC(C)(C)C)cc1C(=O)Nc1cc(F)c(F)c(F)c1. The molecular formula is C16H18F3N3O3S. The van der Waals surface area contributed by atoms with Crippen LogP contribution in [-0.4, -0.2) is 24.4 Å². The van der Waals surface area contributed by atoms with Gasteiger partial charge in [-0.1, -0.05) is 0 Å². The molecule has 2 aromatic rings. The van der Waals surface area contributed by atoms with Gasteiger partial charge < -0.3 is 9.88 Å². The molecule has 0 bridgehead atoms. The normalized spacial score (nSPS) is 12.3. The maximum atomic E-state index is 13.2. The summed E-state index contributed by atoms with van der Waals surface area (Å²) in [4.78, 5) is 12.1.